The number of aryl methyl sites for hydroxylation is 1. The summed E-state index contributed by atoms with van der Waals surface area (Å²) in [6.45, 7) is 0.809. The third kappa shape index (κ3) is 4.68. The van der Waals surface area contributed by atoms with Crippen LogP contribution in [-0.4, -0.2) is 39.5 Å². The van der Waals surface area contributed by atoms with E-state index in [4.69, 9.17) is 0 Å². The number of benzene rings is 1. The molecule has 0 bridgehead atoms. The zero-order valence-corrected chi connectivity index (χ0v) is 15.3. The molecule has 1 unspecified atom stereocenters. The van der Waals surface area contributed by atoms with Gasteiger partial charge in [0.1, 0.15) is 0 Å². The molecule has 0 saturated carbocycles. The van der Waals surface area contributed by atoms with Crippen LogP contribution in [-0.2, 0) is 18.0 Å². The Labute approximate surface area is 160 Å². The van der Waals surface area contributed by atoms with Crippen molar-refractivity contribution in [3.05, 3.63) is 59.4 Å². The summed E-state index contributed by atoms with van der Waals surface area (Å²) in [5, 5.41) is 4.02. The number of carbonyl (C=O) groups excluding carboxylic acids is 2. The molecule has 0 aliphatic carbocycles. The molecule has 1 atom stereocenters. The predicted octanol–water partition coefficient (Wildman–Crippen LogP) is 3.57. The van der Waals surface area contributed by atoms with Crippen LogP contribution in [0.4, 0.5) is 13.2 Å². The van der Waals surface area contributed by atoms with E-state index < -0.39 is 17.7 Å². The lowest BCUT2D eigenvalue weighted by Crippen LogP contribution is -2.41. The number of halogens is 3. The van der Waals surface area contributed by atoms with Gasteiger partial charge < -0.3 is 4.90 Å². The van der Waals surface area contributed by atoms with E-state index in [0.717, 1.165) is 17.7 Å². The number of nitrogens with zero attached hydrogens (tertiary/aromatic N) is 3. The molecular weight excluding hydrogens is 371 g/mol. The molecule has 1 fully saturated rings. The summed E-state index contributed by atoms with van der Waals surface area (Å²) in [6.07, 6.45) is 3.36. The third-order valence-corrected chi connectivity index (χ3v) is 4.74. The molecule has 1 aliphatic heterocycles. The van der Waals surface area contributed by atoms with Gasteiger partial charge in [0, 0.05) is 49.5 Å². The van der Waals surface area contributed by atoms with Crippen LogP contribution in [0.25, 0.3) is 6.08 Å². The molecule has 28 heavy (non-hydrogen) atoms. The number of likely N-dealkylation sites (tertiary alicyclic amines) is 1. The van der Waals surface area contributed by atoms with Crippen molar-refractivity contribution in [1.82, 2.24) is 14.7 Å². The maximum Gasteiger partial charge on any atom is 0.416 e. The number of ketones is 1. The Balaban J connectivity index is 1.64. The van der Waals surface area contributed by atoms with Crippen LogP contribution < -0.4 is 0 Å². The number of aromatic nitrogens is 2. The van der Waals surface area contributed by atoms with E-state index in [1.54, 1.807) is 35.1 Å². The van der Waals surface area contributed by atoms with Gasteiger partial charge in [0.2, 0.25) is 5.91 Å². The van der Waals surface area contributed by atoms with E-state index in [9.17, 15) is 22.8 Å². The highest BCUT2D eigenvalue weighted by molar-refractivity contribution is 5.99. The zero-order valence-electron chi connectivity index (χ0n) is 15.3. The highest BCUT2D eigenvalue weighted by atomic mass is 19.4. The van der Waals surface area contributed by atoms with E-state index in [1.165, 1.54) is 18.2 Å². The van der Waals surface area contributed by atoms with Crippen molar-refractivity contribution in [1.29, 1.82) is 0 Å². The molecule has 0 radical (unpaired) electrons. The number of hydrogen-bond acceptors (Lipinski definition) is 3. The van der Waals surface area contributed by atoms with Gasteiger partial charge in [0.25, 0.3) is 0 Å². The summed E-state index contributed by atoms with van der Waals surface area (Å²) >= 11 is 0. The van der Waals surface area contributed by atoms with Gasteiger partial charge in [-0.3, -0.25) is 14.3 Å². The van der Waals surface area contributed by atoms with Gasteiger partial charge in [-0.15, -0.1) is 0 Å². The highest BCUT2D eigenvalue weighted by Crippen LogP contribution is 2.30. The molecule has 3 rings (SSSR count). The van der Waals surface area contributed by atoms with E-state index in [1.807, 2.05) is 0 Å². The smallest absolute Gasteiger partial charge is 0.338 e. The van der Waals surface area contributed by atoms with E-state index in [0.29, 0.717) is 19.4 Å². The first-order valence-corrected chi connectivity index (χ1v) is 8.91. The number of amides is 1. The molecule has 1 amide bonds. The molecular formula is C20H20F3N3O2. The van der Waals surface area contributed by atoms with Crippen molar-refractivity contribution < 1.29 is 22.8 Å². The molecule has 2 heterocycles. The van der Waals surface area contributed by atoms with Crippen molar-refractivity contribution in [2.45, 2.75) is 19.0 Å². The molecule has 1 aliphatic rings. The summed E-state index contributed by atoms with van der Waals surface area (Å²) in [5.41, 5.74) is 0.244. The van der Waals surface area contributed by atoms with Gasteiger partial charge in [0.15, 0.2) is 5.78 Å². The highest BCUT2D eigenvalue weighted by Gasteiger charge is 2.32. The number of rotatable bonds is 4. The average molecular weight is 391 g/mol. The van der Waals surface area contributed by atoms with E-state index in [2.05, 4.69) is 5.10 Å². The minimum atomic E-state index is -4.43. The van der Waals surface area contributed by atoms with Gasteiger partial charge in [0.05, 0.1) is 11.8 Å². The molecule has 5 nitrogen and oxygen atoms in total. The van der Waals surface area contributed by atoms with Crippen LogP contribution in [0.5, 0.6) is 0 Å². The second-order valence-electron chi connectivity index (χ2n) is 6.84. The number of hydrogen-bond donors (Lipinski definition) is 0. The van der Waals surface area contributed by atoms with Gasteiger partial charge in [-0.05, 0) is 31.1 Å². The first-order valence-electron chi connectivity index (χ1n) is 8.91. The van der Waals surface area contributed by atoms with Gasteiger partial charge in [-0.2, -0.15) is 18.3 Å². The summed E-state index contributed by atoms with van der Waals surface area (Å²) in [7, 11) is 1.78. The summed E-state index contributed by atoms with van der Waals surface area (Å²) < 4.78 is 39.6. The Morgan fingerprint density at radius 2 is 1.93 bits per heavy atom. The van der Waals surface area contributed by atoms with Crippen LogP contribution in [0.15, 0.2) is 42.7 Å². The van der Waals surface area contributed by atoms with Crippen molar-refractivity contribution in [2.24, 2.45) is 13.0 Å². The molecule has 2 aromatic rings. The standard InChI is InChI=1S/C20H20F3N3O2/c1-25-12-14(11-24-25)4-9-18(27)26-10-2-3-16(13-26)19(28)15-5-7-17(8-6-15)20(21,22)23/h4-9,11-12,16H,2-3,10,13H2,1H3. The van der Waals surface area contributed by atoms with Crippen molar-refractivity contribution in [2.75, 3.05) is 13.1 Å². The fourth-order valence-corrected chi connectivity index (χ4v) is 3.25. The Morgan fingerprint density at radius 1 is 1.21 bits per heavy atom. The summed E-state index contributed by atoms with van der Waals surface area (Å²) in [4.78, 5) is 26.7. The Morgan fingerprint density at radius 3 is 2.54 bits per heavy atom. The lowest BCUT2D eigenvalue weighted by Gasteiger charge is -2.31. The Kier molecular flexibility index (Phi) is 5.67. The molecule has 0 N–H and O–H groups in total. The van der Waals surface area contributed by atoms with Crippen LogP contribution in [0.1, 0.15) is 34.3 Å². The van der Waals surface area contributed by atoms with Crippen LogP contribution in [0.2, 0.25) is 0 Å². The molecule has 1 saturated heterocycles. The van der Waals surface area contributed by atoms with Crippen LogP contribution in [0, 0.1) is 5.92 Å². The quantitative estimate of drug-likeness (QED) is 0.591. The first-order chi connectivity index (χ1) is 13.2. The molecule has 0 spiro atoms. The molecule has 1 aromatic heterocycles. The second kappa shape index (κ2) is 8.00. The lowest BCUT2D eigenvalue weighted by molar-refractivity contribution is -0.137. The van der Waals surface area contributed by atoms with E-state index >= 15 is 0 Å². The minimum absolute atomic E-state index is 0.200. The van der Waals surface area contributed by atoms with Crippen molar-refractivity contribution >= 4 is 17.8 Å². The van der Waals surface area contributed by atoms with Gasteiger partial charge >= 0.3 is 6.18 Å². The number of Topliss-reactive ketones (excluding diaryl/α,β-unsaturated/α-hetero) is 1. The second-order valence-corrected chi connectivity index (χ2v) is 6.84. The number of carbonyl (C=O) groups is 2. The number of piperidine rings is 1. The first kappa shape index (κ1) is 19.9. The molecule has 1 aromatic carbocycles. The lowest BCUT2D eigenvalue weighted by atomic mass is 9.89. The maximum atomic E-state index is 12.7. The van der Waals surface area contributed by atoms with Gasteiger partial charge in [-0.1, -0.05) is 12.1 Å². The SMILES string of the molecule is Cn1cc(C=CC(=O)N2CCCC(C(=O)c3ccc(C(F)(F)F)cc3)C2)cn1. The van der Waals surface area contributed by atoms with Gasteiger partial charge in [-0.25, -0.2) is 0 Å². The number of alkyl halides is 3. The van der Waals surface area contributed by atoms with Crippen LogP contribution >= 0.6 is 0 Å². The average Bonchev–Trinajstić information content (AvgIpc) is 3.10. The summed E-state index contributed by atoms with van der Waals surface area (Å²) in [6, 6.07) is 4.23. The Hall–Kier alpha value is -2.90. The normalized spacial score (nSPS) is 17.9. The fourth-order valence-electron chi connectivity index (χ4n) is 3.25. The third-order valence-electron chi connectivity index (χ3n) is 4.74. The maximum absolute atomic E-state index is 12.7. The summed E-state index contributed by atoms with van der Waals surface area (Å²) in [5.74, 6) is -0.850. The fraction of sp³-hybridized carbons (Fsp3) is 0.350. The van der Waals surface area contributed by atoms with Crippen molar-refractivity contribution in [3.63, 3.8) is 0 Å². The topological polar surface area (TPSA) is 55.2 Å². The zero-order chi connectivity index (χ0) is 20.3. The molecule has 148 valence electrons. The predicted molar refractivity (Wildman–Crippen MR) is 97.3 cm³/mol. The largest absolute Gasteiger partial charge is 0.416 e. The molecule has 8 heteroatoms. The van der Waals surface area contributed by atoms with Crippen LogP contribution in [0.3, 0.4) is 0 Å². The monoisotopic (exact) mass is 391 g/mol. The minimum Gasteiger partial charge on any atom is -0.338 e. The Bertz CT molecular complexity index is 885. The van der Waals surface area contributed by atoms with Crippen molar-refractivity contribution in [3.8, 4) is 0 Å². The van der Waals surface area contributed by atoms with E-state index in [-0.39, 0.29) is 23.8 Å².